The van der Waals surface area contributed by atoms with Crippen LogP contribution in [0.4, 0.5) is 0 Å². The average Bonchev–Trinajstić information content (AvgIpc) is 3.49. The van der Waals surface area contributed by atoms with Crippen molar-refractivity contribution in [3.63, 3.8) is 0 Å². The van der Waals surface area contributed by atoms with Crippen LogP contribution in [0.1, 0.15) is 316 Å². The fraction of sp³-hybridized carbons (Fsp3) is 0.750. The van der Waals surface area contributed by atoms with E-state index in [1.165, 1.54) is 212 Å². The van der Waals surface area contributed by atoms with E-state index in [0.29, 0.717) is 17.4 Å². The van der Waals surface area contributed by atoms with Gasteiger partial charge in [0.25, 0.3) is 0 Å². The monoisotopic (exact) mass is 1210 g/mol. The van der Waals surface area contributed by atoms with Crippen molar-refractivity contribution in [3.8, 4) is 0 Å². The first-order valence-corrected chi connectivity index (χ1v) is 37.3. The second kappa shape index (κ2) is 65.6. The second-order valence-electron chi connectivity index (χ2n) is 25.2. The zero-order valence-electron chi connectivity index (χ0n) is 56.3. The fourth-order valence-corrected chi connectivity index (χ4v) is 11.0. The number of carbonyl (C=O) groups is 1. The number of aliphatic hydroxyl groups excluding tert-OH is 1. The highest BCUT2D eigenvalue weighted by Crippen LogP contribution is 2.43. The number of hydrogen-bond donors (Lipinski definition) is 3. The van der Waals surface area contributed by atoms with Crippen LogP contribution in [0.15, 0.2) is 109 Å². The Morgan fingerprint density at radius 2 is 0.718 bits per heavy atom. The van der Waals surface area contributed by atoms with Gasteiger partial charge in [-0.15, -0.1) is 0 Å². The minimum absolute atomic E-state index is 0.0513. The highest BCUT2D eigenvalue weighted by atomic mass is 31.2. The molecule has 0 aliphatic carbocycles. The van der Waals surface area contributed by atoms with Gasteiger partial charge in [0.05, 0.1) is 39.9 Å². The summed E-state index contributed by atoms with van der Waals surface area (Å²) >= 11 is 0. The first kappa shape index (κ1) is 82.2. The van der Waals surface area contributed by atoms with Crippen molar-refractivity contribution in [1.82, 2.24) is 5.32 Å². The van der Waals surface area contributed by atoms with E-state index in [-0.39, 0.29) is 19.1 Å². The molecule has 8 nitrogen and oxygen atoms in total. The van der Waals surface area contributed by atoms with Gasteiger partial charge >= 0.3 is 7.82 Å². The molecule has 3 unspecified atom stereocenters. The van der Waals surface area contributed by atoms with Crippen molar-refractivity contribution in [3.05, 3.63) is 109 Å². The molecule has 0 spiro atoms. The van der Waals surface area contributed by atoms with Gasteiger partial charge in [-0.25, -0.2) is 4.57 Å². The number of nitrogens with one attached hydrogen (secondary N) is 1. The SMILES string of the molecule is CC/C=C\C/C=C\C/C=C\C/C=C\C/C=C\C/C=C\C/C=C\CCCCCCCCCCCCCC(=O)NC(COP(=O)(O)OCC[N+](C)(C)C)C(O)/C=C/CC/C=C/CCCCCCCCCCCCCCCCCCCCCCCCCC. The largest absolute Gasteiger partial charge is 0.472 e. The number of unbranched alkanes of at least 4 members (excludes halogenated alkanes) is 36. The molecule has 0 aromatic rings. The Morgan fingerprint density at radius 1 is 0.412 bits per heavy atom. The number of nitrogens with zero attached hydrogens (tertiary/aromatic N) is 1. The van der Waals surface area contributed by atoms with Gasteiger partial charge in [-0.05, 0) is 89.9 Å². The van der Waals surface area contributed by atoms with Crippen LogP contribution in [0.3, 0.4) is 0 Å². The maximum atomic E-state index is 13.1. The molecule has 0 heterocycles. The summed E-state index contributed by atoms with van der Waals surface area (Å²) in [5, 5.41) is 14.0. The zero-order chi connectivity index (χ0) is 61.9. The van der Waals surface area contributed by atoms with Gasteiger partial charge < -0.3 is 19.8 Å². The molecule has 0 aliphatic rings. The standard InChI is InChI=1S/C76H137N2O6P/c1-6-8-10-12-14-16-18-20-22-24-26-28-30-32-34-36-38-39-40-42-44-46-48-50-52-54-56-58-60-62-64-66-68-70-76(80)77-74(73-84-85(81,82)83-72-71-78(3,4)5)75(79)69-67-65-63-61-59-57-55-53-51-49-47-45-43-41-37-35-33-31-29-27-25-23-21-19-17-15-13-11-9-7-2/h8,10,14,16,20,22,26,28,32,34,38-39,42,44,59,61,67,69,74-75,79H,6-7,9,11-13,15,17-19,21,23-25,27,29-31,33,35-37,40-41,43,45-58,60,62-66,68,70-73H2,1-5H3,(H-,77,80,81,82)/p+1/b10-8-,16-14-,22-20-,28-26-,34-32-,39-38-,44-42-,61-59+,69-67+. The van der Waals surface area contributed by atoms with E-state index in [4.69, 9.17) is 9.05 Å². The summed E-state index contributed by atoms with van der Waals surface area (Å²) in [7, 11) is 1.55. The molecule has 0 radical (unpaired) electrons. The summed E-state index contributed by atoms with van der Waals surface area (Å²) in [6.45, 7) is 4.70. The number of phosphoric ester groups is 1. The third-order valence-corrected chi connectivity index (χ3v) is 16.7. The number of carbonyl (C=O) groups excluding carboxylic acids is 1. The second-order valence-corrected chi connectivity index (χ2v) is 26.7. The van der Waals surface area contributed by atoms with E-state index in [0.717, 1.165) is 83.5 Å². The lowest BCUT2D eigenvalue weighted by atomic mass is 10.0. The van der Waals surface area contributed by atoms with Crippen LogP contribution >= 0.6 is 7.82 Å². The van der Waals surface area contributed by atoms with Crippen molar-refractivity contribution >= 4 is 13.7 Å². The van der Waals surface area contributed by atoms with Gasteiger partial charge in [0, 0.05) is 6.42 Å². The van der Waals surface area contributed by atoms with Gasteiger partial charge in [-0.3, -0.25) is 13.8 Å². The Morgan fingerprint density at radius 3 is 1.08 bits per heavy atom. The van der Waals surface area contributed by atoms with Crippen LogP contribution in [0.2, 0.25) is 0 Å². The molecular formula is C76H138N2O6P+. The Hall–Kier alpha value is -2.84. The van der Waals surface area contributed by atoms with Crippen molar-refractivity contribution in [1.29, 1.82) is 0 Å². The predicted octanol–water partition coefficient (Wildman–Crippen LogP) is 23.1. The number of likely N-dealkylation sites (N-methyl/N-ethyl adjacent to an activating group) is 1. The molecule has 0 bridgehead atoms. The number of hydrogen-bond acceptors (Lipinski definition) is 5. The molecule has 3 atom stereocenters. The van der Waals surface area contributed by atoms with Crippen LogP contribution < -0.4 is 5.32 Å². The minimum atomic E-state index is -4.37. The summed E-state index contributed by atoms with van der Waals surface area (Å²) < 4.78 is 23.8. The van der Waals surface area contributed by atoms with Gasteiger partial charge in [0.15, 0.2) is 0 Å². The molecule has 0 aromatic carbocycles. The molecule has 0 fully saturated rings. The topological polar surface area (TPSA) is 105 Å². The van der Waals surface area contributed by atoms with Gasteiger partial charge in [-0.1, -0.05) is 329 Å². The van der Waals surface area contributed by atoms with Crippen LogP contribution in [-0.2, 0) is 18.4 Å². The van der Waals surface area contributed by atoms with Crippen molar-refractivity contribution < 1.29 is 32.9 Å². The molecule has 0 aromatic heterocycles. The van der Waals surface area contributed by atoms with Gasteiger partial charge in [-0.2, -0.15) is 0 Å². The normalized spacial score (nSPS) is 14.3. The van der Waals surface area contributed by atoms with E-state index in [1.54, 1.807) is 6.08 Å². The fourth-order valence-electron chi connectivity index (χ4n) is 10.2. The van der Waals surface area contributed by atoms with Crippen LogP contribution in [0.25, 0.3) is 0 Å². The lowest BCUT2D eigenvalue weighted by Gasteiger charge is -2.25. The van der Waals surface area contributed by atoms with Gasteiger partial charge in [0.1, 0.15) is 13.2 Å². The van der Waals surface area contributed by atoms with Crippen LogP contribution in [0, 0.1) is 0 Å². The van der Waals surface area contributed by atoms with Crippen molar-refractivity contribution in [2.75, 3.05) is 40.9 Å². The highest BCUT2D eigenvalue weighted by molar-refractivity contribution is 7.47. The zero-order valence-corrected chi connectivity index (χ0v) is 57.2. The molecule has 0 saturated carbocycles. The lowest BCUT2D eigenvalue weighted by Crippen LogP contribution is -2.45. The van der Waals surface area contributed by atoms with Crippen molar-refractivity contribution in [2.45, 2.75) is 328 Å². The maximum absolute atomic E-state index is 13.1. The van der Waals surface area contributed by atoms with E-state index in [9.17, 15) is 19.4 Å². The third-order valence-electron chi connectivity index (χ3n) is 15.7. The molecule has 9 heteroatoms. The summed E-state index contributed by atoms with van der Waals surface area (Å²) in [6, 6.07) is -0.874. The summed E-state index contributed by atoms with van der Waals surface area (Å²) in [5.74, 6) is -0.191. The maximum Gasteiger partial charge on any atom is 0.472 e. The first-order valence-electron chi connectivity index (χ1n) is 35.8. The number of rotatable bonds is 65. The smallest absolute Gasteiger partial charge is 0.387 e. The summed E-state index contributed by atoms with van der Waals surface area (Å²) in [5.41, 5.74) is 0. The third kappa shape index (κ3) is 68.5. The van der Waals surface area contributed by atoms with Gasteiger partial charge in [0.2, 0.25) is 5.91 Å². The van der Waals surface area contributed by atoms with Crippen LogP contribution in [-0.4, -0.2) is 73.4 Å². The van der Waals surface area contributed by atoms with Crippen molar-refractivity contribution in [2.24, 2.45) is 0 Å². The molecule has 1 amide bonds. The molecule has 3 N–H and O–H groups in total. The quantitative estimate of drug-likeness (QED) is 0.0243. The molecule has 85 heavy (non-hydrogen) atoms. The number of amides is 1. The van der Waals surface area contributed by atoms with Crippen LogP contribution in [0.5, 0.6) is 0 Å². The van der Waals surface area contributed by atoms with E-state index in [2.05, 4.69) is 116 Å². The molecular weight excluding hydrogens is 1070 g/mol. The Bertz CT molecular complexity index is 1760. The number of quaternary nitrogens is 1. The molecule has 492 valence electrons. The summed E-state index contributed by atoms with van der Waals surface area (Å²) in [6.07, 6.45) is 96.7. The summed E-state index contributed by atoms with van der Waals surface area (Å²) in [4.78, 5) is 23.4. The first-order chi connectivity index (χ1) is 41.5. The Labute approximate surface area is 527 Å². The number of aliphatic hydroxyl groups is 1. The number of allylic oxidation sites excluding steroid dienone is 17. The predicted molar refractivity (Wildman–Crippen MR) is 373 cm³/mol. The van der Waals surface area contributed by atoms with E-state index in [1.807, 2.05) is 27.2 Å². The average molecular weight is 1210 g/mol. The molecule has 0 aliphatic heterocycles. The number of phosphoric acid groups is 1. The Kier molecular flexibility index (Phi) is 63.4. The lowest BCUT2D eigenvalue weighted by molar-refractivity contribution is -0.870. The molecule has 0 rings (SSSR count). The molecule has 0 saturated heterocycles. The van der Waals surface area contributed by atoms with E-state index < -0.39 is 20.0 Å². The highest BCUT2D eigenvalue weighted by Gasteiger charge is 2.28. The van der Waals surface area contributed by atoms with E-state index >= 15 is 0 Å². The minimum Gasteiger partial charge on any atom is -0.387 e. The Balaban J connectivity index is 4.14.